The van der Waals surface area contributed by atoms with Gasteiger partial charge < -0.3 is 10.2 Å². The summed E-state index contributed by atoms with van der Waals surface area (Å²) in [4.78, 5) is 14.4. The summed E-state index contributed by atoms with van der Waals surface area (Å²) >= 11 is 0. The lowest BCUT2D eigenvalue weighted by atomic mass is 10.2. The first-order chi connectivity index (χ1) is 13.3. The van der Waals surface area contributed by atoms with Crippen LogP contribution in [-0.2, 0) is 6.54 Å². The van der Waals surface area contributed by atoms with E-state index in [-0.39, 0.29) is 0 Å². The van der Waals surface area contributed by atoms with Crippen LogP contribution >= 0.6 is 0 Å². The Kier molecular flexibility index (Phi) is 5.30. The Labute approximate surface area is 160 Å². The number of nitrogens with zero attached hydrogens (tertiary/aromatic N) is 4. The van der Waals surface area contributed by atoms with Crippen LogP contribution in [0.1, 0.15) is 5.56 Å². The van der Waals surface area contributed by atoms with Crippen LogP contribution in [-0.4, -0.2) is 47.6 Å². The van der Waals surface area contributed by atoms with Crippen molar-refractivity contribution in [3.05, 3.63) is 72.8 Å². The van der Waals surface area contributed by atoms with Crippen molar-refractivity contribution < 1.29 is 0 Å². The molecule has 0 unspecified atom stereocenters. The molecule has 27 heavy (non-hydrogen) atoms. The van der Waals surface area contributed by atoms with Crippen molar-refractivity contribution >= 4 is 22.7 Å². The number of piperazine rings is 1. The Morgan fingerprint density at radius 1 is 0.926 bits per heavy atom. The molecule has 1 saturated heterocycles. The van der Waals surface area contributed by atoms with E-state index in [9.17, 15) is 0 Å². The lowest BCUT2D eigenvalue weighted by Crippen LogP contribution is -2.46. The highest BCUT2D eigenvalue weighted by atomic mass is 15.3. The second-order valence-corrected chi connectivity index (χ2v) is 6.81. The van der Waals surface area contributed by atoms with E-state index in [1.807, 2.05) is 24.3 Å². The average Bonchev–Trinajstić information content (AvgIpc) is 2.73. The van der Waals surface area contributed by atoms with E-state index < -0.39 is 0 Å². The second kappa shape index (κ2) is 8.18. The topological polar surface area (TPSA) is 44.3 Å². The summed E-state index contributed by atoms with van der Waals surface area (Å²) in [6.45, 7) is 9.38. The number of para-hydroxylation sites is 1. The van der Waals surface area contributed by atoms with Gasteiger partial charge in [0.15, 0.2) is 0 Å². The van der Waals surface area contributed by atoms with Crippen LogP contribution in [0.3, 0.4) is 0 Å². The van der Waals surface area contributed by atoms with Crippen LogP contribution < -0.4 is 10.2 Å². The molecule has 0 spiro atoms. The van der Waals surface area contributed by atoms with E-state index in [0.717, 1.165) is 55.4 Å². The van der Waals surface area contributed by atoms with Crippen molar-refractivity contribution in [3.63, 3.8) is 0 Å². The highest BCUT2D eigenvalue weighted by molar-refractivity contribution is 5.90. The minimum absolute atomic E-state index is 0.686. The smallest absolute Gasteiger partial charge is 0.227 e. The summed E-state index contributed by atoms with van der Waals surface area (Å²) in [6, 6.07) is 18.8. The molecule has 1 N–H and O–H groups in total. The van der Waals surface area contributed by atoms with E-state index in [4.69, 9.17) is 9.97 Å². The van der Waals surface area contributed by atoms with Crippen LogP contribution in [0.2, 0.25) is 0 Å². The molecule has 1 aliphatic heterocycles. The van der Waals surface area contributed by atoms with Crippen molar-refractivity contribution in [1.82, 2.24) is 14.9 Å². The molecule has 0 radical (unpaired) electrons. The first-order valence-electron chi connectivity index (χ1n) is 9.46. The zero-order valence-corrected chi connectivity index (χ0v) is 15.5. The lowest BCUT2D eigenvalue weighted by Gasteiger charge is -2.35. The van der Waals surface area contributed by atoms with E-state index >= 15 is 0 Å². The molecule has 0 atom stereocenters. The van der Waals surface area contributed by atoms with E-state index in [0.29, 0.717) is 6.54 Å². The number of hydrogen-bond donors (Lipinski definition) is 1. The minimum atomic E-state index is 0.686. The third-order valence-electron chi connectivity index (χ3n) is 4.91. The van der Waals surface area contributed by atoms with Crippen molar-refractivity contribution in [1.29, 1.82) is 0 Å². The molecule has 1 aromatic heterocycles. The van der Waals surface area contributed by atoms with Gasteiger partial charge in [-0.2, -0.15) is 4.98 Å². The molecule has 3 aromatic rings. The number of aromatic nitrogens is 2. The lowest BCUT2D eigenvalue weighted by molar-refractivity contribution is 0.249. The fourth-order valence-corrected chi connectivity index (χ4v) is 3.46. The molecule has 0 saturated carbocycles. The standard InChI is InChI=1S/C22H25N5/c1-2-12-23-21-19-10-6-7-11-20(19)24-22(25-21)27-15-13-26(14-16-27)17-18-8-4-3-5-9-18/h2-11H,1,12-17H2,(H,23,24,25). The van der Waals surface area contributed by atoms with Crippen LogP contribution in [0.4, 0.5) is 11.8 Å². The molecule has 5 nitrogen and oxygen atoms in total. The van der Waals surface area contributed by atoms with Crippen LogP contribution in [0.25, 0.3) is 10.9 Å². The molecule has 4 rings (SSSR count). The van der Waals surface area contributed by atoms with E-state index in [1.54, 1.807) is 0 Å². The van der Waals surface area contributed by atoms with Crippen molar-refractivity contribution in [2.45, 2.75) is 6.54 Å². The molecular weight excluding hydrogens is 334 g/mol. The van der Waals surface area contributed by atoms with Gasteiger partial charge in [-0.1, -0.05) is 48.5 Å². The van der Waals surface area contributed by atoms with Gasteiger partial charge in [-0.15, -0.1) is 6.58 Å². The normalized spacial score (nSPS) is 15.0. The second-order valence-electron chi connectivity index (χ2n) is 6.81. The number of nitrogens with one attached hydrogen (secondary N) is 1. The predicted octanol–water partition coefficient (Wildman–Crippen LogP) is 3.55. The molecule has 0 amide bonds. The Morgan fingerprint density at radius 2 is 1.67 bits per heavy atom. The van der Waals surface area contributed by atoms with Crippen LogP contribution in [0, 0.1) is 0 Å². The van der Waals surface area contributed by atoms with Gasteiger partial charge in [0, 0.05) is 44.7 Å². The van der Waals surface area contributed by atoms with Gasteiger partial charge in [-0.3, -0.25) is 4.90 Å². The predicted molar refractivity (Wildman–Crippen MR) is 112 cm³/mol. The SMILES string of the molecule is C=CCNc1nc(N2CCN(Cc3ccccc3)CC2)nc2ccccc12. The van der Waals surface area contributed by atoms with E-state index in [1.165, 1.54) is 5.56 Å². The van der Waals surface area contributed by atoms with Crippen LogP contribution in [0.5, 0.6) is 0 Å². The van der Waals surface area contributed by atoms with Gasteiger partial charge in [-0.05, 0) is 17.7 Å². The minimum Gasteiger partial charge on any atom is -0.366 e. The van der Waals surface area contributed by atoms with Crippen molar-refractivity contribution in [3.8, 4) is 0 Å². The summed E-state index contributed by atoms with van der Waals surface area (Å²) in [5.74, 6) is 1.68. The Bertz CT molecular complexity index is 901. The van der Waals surface area contributed by atoms with Gasteiger partial charge in [0.05, 0.1) is 5.52 Å². The third-order valence-corrected chi connectivity index (χ3v) is 4.91. The monoisotopic (exact) mass is 359 g/mol. The van der Waals surface area contributed by atoms with Gasteiger partial charge in [0.25, 0.3) is 0 Å². The van der Waals surface area contributed by atoms with Gasteiger partial charge in [-0.25, -0.2) is 4.98 Å². The highest BCUT2D eigenvalue weighted by Crippen LogP contribution is 2.24. The summed E-state index contributed by atoms with van der Waals surface area (Å²) < 4.78 is 0. The molecule has 2 aromatic carbocycles. The first-order valence-corrected chi connectivity index (χ1v) is 9.46. The van der Waals surface area contributed by atoms with Crippen LogP contribution in [0.15, 0.2) is 67.3 Å². The number of benzene rings is 2. The maximum absolute atomic E-state index is 4.81. The average molecular weight is 359 g/mol. The summed E-state index contributed by atoms with van der Waals surface area (Å²) in [5, 5.41) is 4.40. The maximum Gasteiger partial charge on any atom is 0.227 e. The Morgan fingerprint density at radius 3 is 2.44 bits per heavy atom. The highest BCUT2D eigenvalue weighted by Gasteiger charge is 2.20. The Hall–Kier alpha value is -2.92. The molecule has 5 heteroatoms. The molecular formula is C22H25N5. The fourth-order valence-electron chi connectivity index (χ4n) is 3.46. The van der Waals surface area contributed by atoms with Gasteiger partial charge >= 0.3 is 0 Å². The Balaban J connectivity index is 1.49. The zero-order chi connectivity index (χ0) is 18.5. The third kappa shape index (κ3) is 4.09. The summed E-state index contributed by atoms with van der Waals surface area (Å²) in [5.41, 5.74) is 2.34. The number of fused-ring (bicyclic) bond motifs is 1. The molecule has 1 aliphatic rings. The summed E-state index contributed by atoms with van der Waals surface area (Å²) in [7, 11) is 0. The molecule has 0 aliphatic carbocycles. The molecule has 0 bridgehead atoms. The maximum atomic E-state index is 4.81. The van der Waals surface area contributed by atoms with E-state index in [2.05, 4.69) is 58.1 Å². The van der Waals surface area contributed by atoms with Gasteiger partial charge in [0.2, 0.25) is 5.95 Å². The molecule has 138 valence electrons. The quantitative estimate of drug-likeness (QED) is 0.682. The van der Waals surface area contributed by atoms with Crippen molar-refractivity contribution in [2.24, 2.45) is 0 Å². The zero-order valence-electron chi connectivity index (χ0n) is 15.5. The largest absolute Gasteiger partial charge is 0.366 e. The van der Waals surface area contributed by atoms with Crippen molar-refractivity contribution in [2.75, 3.05) is 42.9 Å². The summed E-state index contributed by atoms with van der Waals surface area (Å²) in [6.07, 6.45) is 1.85. The fraction of sp³-hybridized carbons (Fsp3) is 0.273. The van der Waals surface area contributed by atoms with Gasteiger partial charge in [0.1, 0.15) is 5.82 Å². The molecule has 1 fully saturated rings. The number of rotatable bonds is 6. The molecule has 2 heterocycles. The number of anilines is 2. The number of hydrogen-bond acceptors (Lipinski definition) is 5. The first kappa shape index (κ1) is 17.5.